The molecule has 2 fully saturated rings. The molecule has 35 heavy (non-hydrogen) atoms. The maximum atomic E-state index is 13.5. The fourth-order valence-corrected chi connectivity index (χ4v) is 5.03. The number of carbonyl (C=O) groups excluding carboxylic acids is 3. The van der Waals surface area contributed by atoms with Gasteiger partial charge in [0, 0.05) is 24.5 Å². The third kappa shape index (κ3) is 5.22. The van der Waals surface area contributed by atoms with E-state index < -0.39 is 47.4 Å². The number of halogens is 4. The smallest absolute Gasteiger partial charge is 0.336 e. The van der Waals surface area contributed by atoms with Gasteiger partial charge in [0.05, 0.1) is 11.1 Å². The van der Waals surface area contributed by atoms with Crippen molar-refractivity contribution in [3.63, 3.8) is 0 Å². The normalized spacial score (nSPS) is 24.6. The number of hydrogen-bond donors (Lipinski definition) is 2. The summed E-state index contributed by atoms with van der Waals surface area (Å²) in [6.45, 7) is 8.62. The summed E-state index contributed by atoms with van der Waals surface area (Å²) in [6.07, 6.45) is -2.41. The highest BCUT2D eigenvalue weighted by molar-refractivity contribution is 6.30. The Morgan fingerprint density at radius 1 is 1.23 bits per heavy atom. The van der Waals surface area contributed by atoms with Crippen LogP contribution in [0.4, 0.5) is 13.2 Å². The molecule has 5 atom stereocenters. The van der Waals surface area contributed by atoms with E-state index in [1.807, 2.05) is 19.9 Å². The Morgan fingerprint density at radius 3 is 2.37 bits per heavy atom. The first-order valence-corrected chi connectivity index (χ1v) is 11.4. The number of carbonyl (C=O) groups is 3. The number of nitriles is 1. The van der Waals surface area contributed by atoms with Gasteiger partial charge in [0.15, 0.2) is 0 Å². The molecule has 1 aliphatic heterocycles. The highest BCUT2D eigenvalue weighted by Crippen LogP contribution is 2.65. The largest absolute Gasteiger partial charge is 0.471 e. The molecule has 2 heterocycles. The van der Waals surface area contributed by atoms with Crippen LogP contribution in [0.5, 0.6) is 0 Å². The number of nitrogens with one attached hydrogen (secondary N) is 2. The van der Waals surface area contributed by atoms with Crippen LogP contribution in [0, 0.1) is 34.0 Å². The molecule has 1 aliphatic carbocycles. The number of hydrogen-bond acceptors (Lipinski definition) is 5. The maximum absolute atomic E-state index is 13.5. The minimum atomic E-state index is -5.17. The van der Waals surface area contributed by atoms with Gasteiger partial charge in [-0.15, -0.1) is 0 Å². The molecule has 2 aliphatic rings. The fraction of sp³-hybridized carbons (Fsp3) is 0.609. The van der Waals surface area contributed by atoms with Crippen molar-refractivity contribution < 1.29 is 27.6 Å². The summed E-state index contributed by atoms with van der Waals surface area (Å²) >= 11 is 5.94. The zero-order valence-electron chi connectivity index (χ0n) is 19.9. The third-order valence-electron chi connectivity index (χ3n) is 6.88. The fourth-order valence-electron chi connectivity index (χ4n) is 4.84. The molecule has 1 aromatic heterocycles. The summed E-state index contributed by atoms with van der Waals surface area (Å²) < 4.78 is 38.8. The lowest BCUT2D eigenvalue weighted by molar-refractivity contribution is -0.176. The molecule has 3 rings (SSSR count). The number of rotatable bonds is 5. The molecule has 1 saturated carbocycles. The van der Waals surface area contributed by atoms with Crippen molar-refractivity contribution in [2.24, 2.45) is 22.7 Å². The van der Waals surface area contributed by atoms with Crippen molar-refractivity contribution in [2.45, 2.75) is 58.9 Å². The van der Waals surface area contributed by atoms with Crippen LogP contribution in [0.2, 0.25) is 5.02 Å². The highest BCUT2D eigenvalue weighted by atomic mass is 35.5. The summed E-state index contributed by atoms with van der Waals surface area (Å²) in [6, 6.07) is -0.189. The molecule has 0 bridgehead atoms. The van der Waals surface area contributed by atoms with Crippen molar-refractivity contribution in [1.82, 2.24) is 20.5 Å². The average molecular weight is 514 g/mol. The van der Waals surface area contributed by atoms with Gasteiger partial charge in [-0.2, -0.15) is 18.4 Å². The molecule has 12 heteroatoms. The molecule has 0 radical (unpaired) electrons. The SMILES string of the molecule is CC(C)(C)[C@H](NC(=O)C(F)(F)F)C(=O)N1C[C@H]2[C@@H]([C@H]1C(=O)NC(C#N)c1cncc(Cl)c1)C2(C)C. The first-order chi connectivity index (χ1) is 16.0. The Balaban J connectivity index is 1.88. The molecule has 190 valence electrons. The second-order valence-electron chi connectivity index (χ2n) is 10.7. The average Bonchev–Trinajstić information content (AvgIpc) is 3.08. The number of likely N-dealkylation sites (tertiary alicyclic amines) is 1. The van der Waals surface area contributed by atoms with Crippen LogP contribution in [0.3, 0.4) is 0 Å². The van der Waals surface area contributed by atoms with Crippen LogP contribution < -0.4 is 10.6 Å². The summed E-state index contributed by atoms with van der Waals surface area (Å²) in [5.74, 6) is -3.92. The van der Waals surface area contributed by atoms with Gasteiger partial charge in [-0.1, -0.05) is 46.2 Å². The second kappa shape index (κ2) is 8.97. The number of amides is 3. The molecular weight excluding hydrogens is 487 g/mol. The van der Waals surface area contributed by atoms with E-state index in [2.05, 4.69) is 10.3 Å². The number of nitrogens with zero attached hydrogens (tertiary/aromatic N) is 3. The van der Waals surface area contributed by atoms with Crippen molar-refractivity contribution in [3.8, 4) is 6.07 Å². The Labute approximate surface area is 206 Å². The predicted octanol–water partition coefficient (Wildman–Crippen LogP) is 2.99. The summed E-state index contributed by atoms with van der Waals surface area (Å²) in [5, 5.41) is 14.3. The van der Waals surface area contributed by atoms with E-state index in [9.17, 15) is 32.8 Å². The van der Waals surface area contributed by atoms with Gasteiger partial charge >= 0.3 is 12.1 Å². The predicted molar refractivity (Wildman–Crippen MR) is 119 cm³/mol. The summed E-state index contributed by atoms with van der Waals surface area (Å²) in [5.41, 5.74) is -0.991. The summed E-state index contributed by atoms with van der Waals surface area (Å²) in [4.78, 5) is 43.7. The molecular formula is C23H27ClF3N5O3. The van der Waals surface area contributed by atoms with Crippen molar-refractivity contribution in [2.75, 3.05) is 6.54 Å². The maximum Gasteiger partial charge on any atom is 0.471 e. The van der Waals surface area contributed by atoms with Crippen LogP contribution in [-0.4, -0.2) is 52.4 Å². The Kier molecular flexibility index (Phi) is 6.85. The zero-order valence-corrected chi connectivity index (χ0v) is 20.7. The third-order valence-corrected chi connectivity index (χ3v) is 7.09. The number of alkyl halides is 3. The lowest BCUT2D eigenvalue weighted by atomic mass is 9.85. The Hall–Kier alpha value is -2.87. The lowest BCUT2D eigenvalue weighted by Gasteiger charge is -2.37. The molecule has 3 amide bonds. The Bertz CT molecular complexity index is 1080. The quantitative estimate of drug-likeness (QED) is 0.628. The number of aromatic nitrogens is 1. The van der Waals surface area contributed by atoms with Gasteiger partial charge in [-0.25, -0.2) is 0 Å². The molecule has 1 saturated heterocycles. The number of piperidine rings is 1. The van der Waals surface area contributed by atoms with E-state index in [0.29, 0.717) is 5.56 Å². The van der Waals surface area contributed by atoms with Gasteiger partial charge in [-0.3, -0.25) is 19.4 Å². The van der Waals surface area contributed by atoms with Crippen LogP contribution in [-0.2, 0) is 14.4 Å². The van der Waals surface area contributed by atoms with Crippen LogP contribution in [0.15, 0.2) is 18.5 Å². The molecule has 8 nitrogen and oxygen atoms in total. The minimum Gasteiger partial charge on any atom is -0.336 e. The van der Waals surface area contributed by atoms with E-state index in [-0.39, 0.29) is 28.8 Å². The second-order valence-corrected chi connectivity index (χ2v) is 11.1. The Morgan fingerprint density at radius 2 is 1.86 bits per heavy atom. The molecule has 0 aromatic carbocycles. The van der Waals surface area contributed by atoms with Gasteiger partial charge < -0.3 is 15.5 Å². The summed E-state index contributed by atoms with van der Waals surface area (Å²) in [7, 11) is 0. The van der Waals surface area contributed by atoms with Gasteiger partial charge in [0.25, 0.3) is 0 Å². The van der Waals surface area contributed by atoms with E-state index in [0.717, 1.165) is 0 Å². The number of pyridine rings is 1. The first kappa shape index (κ1) is 26.7. The standard InChI is InChI=1S/C23H27ClF3N5O3/c1-21(2,3)17(31-20(35)23(25,26)27)19(34)32-10-13-15(22(13,4)5)16(32)18(33)30-14(7-28)11-6-12(24)9-29-8-11/h6,8-9,13-17H,10H2,1-5H3,(H,30,33)(H,31,35)/t13-,14?,15-,16-,17+/m0/s1. The van der Waals surface area contributed by atoms with Gasteiger partial charge in [0.2, 0.25) is 11.8 Å². The van der Waals surface area contributed by atoms with Gasteiger partial charge in [-0.05, 0) is 28.7 Å². The van der Waals surface area contributed by atoms with E-state index >= 15 is 0 Å². The van der Waals surface area contributed by atoms with Crippen molar-refractivity contribution in [3.05, 3.63) is 29.0 Å². The highest BCUT2D eigenvalue weighted by Gasteiger charge is 2.70. The molecule has 1 unspecified atom stereocenters. The van der Waals surface area contributed by atoms with E-state index in [1.165, 1.54) is 44.1 Å². The first-order valence-electron chi connectivity index (χ1n) is 11.0. The molecule has 1 aromatic rings. The van der Waals surface area contributed by atoms with Crippen LogP contribution in [0.1, 0.15) is 46.2 Å². The zero-order chi connectivity index (χ0) is 26.5. The topological polar surface area (TPSA) is 115 Å². The van der Waals surface area contributed by atoms with E-state index in [1.54, 1.807) is 5.32 Å². The number of fused-ring (bicyclic) bond motifs is 1. The van der Waals surface area contributed by atoms with E-state index in [4.69, 9.17) is 11.6 Å². The van der Waals surface area contributed by atoms with Crippen molar-refractivity contribution in [1.29, 1.82) is 5.26 Å². The monoisotopic (exact) mass is 513 g/mol. The van der Waals surface area contributed by atoms with Crippen LogP contribution >= 0.6 is 11.6 Å². The van der Waals surface area contributed by atoms with Gasteiger partial charge in [0.1, 0.15) is 18.1 Å². The van der Waals surface area contributed by atoms with Crippen LogP contribution in [0.25, 0.3) is 0 Å². The minimum absolute atomic E-state index is 0.0468. The lowest BCUT2D eigenvalue weighted by Crippen LogP contribution is -2.60. The molecule has 2 N–H and O–H groups in total. The van der Waals surface area contributed by atoms with Crippen molar-refractivity contribution >= 4 is 29.3 Å². The molecule has 0 spiro atoms.